The van der Waals surface area contributed by atoms with E-state index in [-0.39, 0.29) is 12.1 Å². The Hall–Kier alpha value is -3.61. The lowest BCUT2D eigenvalue weighted by Gasteiger charge is -2.08. The molecular weight excluding hydrogens is 366 g/mol. The highest BCUT2D eigenvalue weighted by Gasteiger charge is 2.17. The molecule has 0 N–H and O–H groups in total. The normalized spacial score (nSPS) is 11.0. The minimum Gasteiger partial charge on any atom is -0.361 e. The fourth-order valence-electron chi connectivity index (χ4n) is 3.12. The first-order valence-electron chi connectivity index (χ1n) is 9.46. The fraction of sp³-hybridized carbons (Fsp3) is 0.227. The summed E-state index contributed by atoms with van der Waals surface area (Å²) in [6, 6.07) is 9.32. The molecule has 0 bridgehead atoms. The van der Waals surface area contributed by atoms with Crippen LogP contribution in [0, 0.1) is 13.8 Å². The number of hydrogen-bond acceptors (Lipinski definition) is 6. The van der Waals surface area contributed by atoms with Crippen LogP contribution in [0.15, 0.2) is 58.2 Å². The molecule has 4 aromatic heterocycles. The Labute approximate surface area is 168 Å². The van der Waals surface area contributed by atoms with Crippen molar-refractivity contribution in [1.29, 1.82) is 0 Å². The summed E-state index contributed by atoms with van der Waals surface area (Å²) < 4.78 is 6.80. The molecule has 7 nitrogen and oxygen atoms in total. The minimum absolute atomic E-state index is 0.189. The average molecular weight is 387 g/mol. The first-order valence-corrected chi connectivity index (χ1v) is 9.46. The van der Waals surface area contributed by atoms with Gasteiger partial charge in [0.1, 0.15) is 11.5 Å². The summed E-state index contributed by atoms with van der Waals surface area (Å²) in [7, 11) is 0. The molecule has 0 atom stereocenters. The molecule has 0 aliphatic heterocycles. The van der Waals surface area contributed by atoms with E-state index >= 15 is 0 Å². The smallest absolute Gasteiger partial charge is 0.267 e. The summed E-state index contributed by atoms with van der Waals surface area (Å²) in [5, 5.41) is 8.53. The van der Waals surface area contributed by atoms with Gasteiger partial charge in [0.2, 0.25) is 0 Å². The number of aromatic nitrogens is 5. The first kappa shape index (κ1) is 18.7. The zero-order valence-electron chi connectivity index (χ0n) is 16.6. The number of rotatable bonds is 5. The summed E-state index contributed by atoms with van der Waals surface area (Å²) in [4.78, 5) is 21.3. The Morgan fingerprint density at radius 3 is 2.59 bits per heavy atom. The largest absolute Gasteiger partial charge is 0.361 e. The Balaban J connectivity index is 1.66. The third kappa shape index (κ3) is 3.85. The van der Waals surface area contributed by atoms with Crippen molar-refractivity contribution in [2.24, 2.45) is 0 Å². The van der Waals surface area contributed by atoms with Crippen molar-refractivity contribution >= 4 is 0 Å². The molecule has 146 valence electrons. The predicted molar refractivity (Wildman–Crippen MR) is 109 cm³/mol. The van der Waals surface area contributed by atoms with Crippen LogP contribution in [-0.2, 0) is 13.0 Å². The molecule has 0 amide bonds. The number of nitrogens with zero attached hydrogens (tertiary/aromatic N) is 5. The van der Waals surface area contributed by atoms with Gasteiger partial charge in [0.15, 0.2) is 0 Å². The van der Waals surface area contributed by atoms with Gasteiger partial charge in [-0.25, -0.2) is 4.68 Å². The molecule has 4 aromatic rings. The Morgan fingerprint density at radius 1 is 1.00 bits per heavy atom. The van der Waals surface area contributed by atoms with Gasteiger partial charge in [-0.1, -0.05) is 12.1 Å². The van der Waals surface area contributed by atoms with Gasteiger partial charge in [0.25, 0.3) is 5.56 Å². The van der Waals surface area contributed by atoms with Crippen LogP contribution >= 0.6 is 0 Å². The van der Waals surface area contributed by atoms with Crippen LogP contribution in [0.2, 0.25) is 0 Å². The molecule has 4 rings (SSSR count). The second-order valence-electron chi connectivity index (χ2n) is 6.88. The molecule has 0 saturated heterocycles. The second kappa shape index (κ2) is 7.79. The standard InChI is InChI=1S/C22H21N5O2/c1-4-19-9-16(7-8-23-19)18-10-21(28)27(25-12-18)13-20-15(3)29-26-22(20)17-6-5-14(2)24-11-17/h5-12H,4,13H2,1-3H3. The first-order chi connectivity index (χ1) is 14.0. The Kier molecular flexibility index (Phi) is 5.03. The monoisotopic (exact) mass is 387 g/mol. The van der Waals surface area contributed by atoms with E-state index in [1.54, 1.807) is 24.7 Å². The zero-order chi connectivity index (χ0) is 20.4. The highest BCUT2D eigenvalue weighted by molar-refractivity contribution is 5.63. The molecular formula is C22H21N5O2. The molecule has 0 fully saturated rings. The lowest BCUT2D eigenvalue weighted by molar-refractivity contribution is 0.397. The average Bonchev–Trinajstić information content (AvgIpc) is 3.10. The molecule has 0 radical (unpaired) electrons. The van der Waals surface area contributed by atoms with E-state index in [1.165, 1.54) is 4.68 Å². The summed E-state index contributed by atoms with van der Waals surface area (Å²) in [6.07, 6.45) is 6.04. The van der Waals surface area contributed by atoms with E-state index in [9.17, 15) is 4.79 Å². The van der Waals surface area contributed by atoms with E-state index in [0.29, 0.717) is 11.5 Å². The van der Waals surface area contributed by atoms with Gasteiger partial charge in [-0.15, -0.1) is 0 Å². The summed E-state index contributed by atoms with van der Waals surface area (Å²) in [5.41, 5.74) is 5.75. The molecule has 0 spiro atoms. The summed E-state index contributed by atoms with van der Waals surface area (Å²) in [6.45, 7) is 6.07. The molecule has 0 aromatic carbocycles. The van der Waals surface area contributed by atoms with Crippen LogP contribution in [0.4, 0.5) is 0 Å². The number of hydrogen-bond donors (Lipinski definition) is 0. The van der Waals surface area contributed by atoms with Gasteiger partial charge in [-0.05, 0) is 50.1 Å². The van der Waals surface area contributed by atoms with Crippen LogP contribution in [0.25, 0.3) is 22.4 Å². The van der Waals surface area contributed by atoms with E-state index in [4.69, 9.17) is 4.52 Å². The summed E-state index contributed by atoms with van der Waals surface area (Å²) in [5.74, 6) is 0.653. The highest BCUT2D eigenvalue weighted by atomic mass is 16.5. The van der Waals surface area contributed by atoms with Crippen molar-refractivity contribution in [1.82, 2.24) is 24.9 Å². The van der Waals surface area contributed by atoms with Gasteiger partial charge in [0, 0.05) is 46.5 Å². The third-order valence-electron chi connectivity index (χ3n) is 4.86. The van der Waals surface area contributed by atoms with Crippen LogP contribution < -0.4 is 5.56 Å². The lowest BCUT2D eigenvalue weighted by atomic mass is 10.1. The molecule has 29 heavy (non-hydrogen) atoms. The molecule has 0 aliphatic carbocycles. The maximum atomic E-state index is 12.7. The molecule has 7 heteroatoms. The quantitative estimate of drug-likeness (QED) is 0.520. The van der Waals surface area contributed by atoms with Gasteiger partial charge < -0.3 is 4.52 Å². The lowest BCUT2D eigenvalue weighted by Crippen LogP contribution is -2.23. The van der Waals surface area contributed by atoms with Crippen LogP contribution in [0.3, 0.4) is 0 Å². The van der Waals surface area contributed by atoms with E-state index in [2.05, 4.69) is 20.2 Å². The van der Waals surface area contributed by atoms with E-state index in [1.807, 2.05) is 45.0 Å². The number of aryl methyl sites for hydroxylation is 3. The van der Waals surface area contributed by atoms with Crippen molar-refractivity contribution in [2.45, 2.75) is 33.7 Å². The molecule has 4 heterocycles. The molecule has 0 saturated carbocycles. The van der Waals surface area contributed by atoms with Gasteiger partial charge in [-0.2, -0.15) is 5.10 Å². The van der Waals surface area contributed by atoms with Crippen molar-refractivity contribution in [2.75, 3.05) is 0 Å². The Bertz CT molecular complexity index is 1210. The predicted octanol–water partition coefficient (Wildman–Crippen LogP) is 3.58. The maximum absolute atomic E-state index is 12.7. The van der Waals surface area contributed by atoms with Crippen LogP contribution in [0.5, 0.6) is 0 Å². The van der Waals surface area contributed by atoms with Gasteiger partial charge in [0.05, 0.1) is 12.7 Å². The molecule has 0 unspecified atom stereocenters. The van der Waals surface area contributed by atoms with E-state index in [0.717, 1.165) is 40.1 Å². The number of pyridine rings is 2. The van der Waals surface area contributed by atoms with Crippen molar-refractivity contribution in [3.05, 3.63) is 82.0 Å². The van der Waals surface area contributed by atoms with E-state index < -0.39 is 0 Å². The second-order valence-corrected chi connectivity index (χ2v) is 6.88. The topological polar surface area (TPSA) is 86.7 Å². The zero-order valence-corrected chi connectivity index (χ0v) is 16.6. The fourth-order valence-corrected chi connectivity index (χ4v) is 3.12. The highest BCUT2D eigenvalue weighted by Crippen LogP contribution is 2.25. The minimum atomic E-state index is -0.189. The Morgan fingerprint density at radius 2 is 1.86 bits per heavy atom. The maximum Gasteiger partial charge on any atom is 0.267 e. The summed E-state index contributed by atoms with van der Waals surface area (Å²) >= 11 is 0. The van der Waals surface area contributed by atoms with Crippen LogP contribution in [-0.4, -0.2) is 24.9 Å². The van der Waals surface area contributed by atoms with Crippen LogP contribution in [0.1, 0.15) is 29.6 Å². The van der Waals surface area contributed by atoms with Crippen molar-refractivity contribution in [3.8, 4) is 22.4 Å². The van der Waals surface area contributed by atoms with Crippen molar-refractivity contribution in [3.63, 3.8) is 0 Å². The van der Waals surface area contributed by atoms with Gasteiger partial charge >= 0.3 is 0 Å². The molecule has 0 aliphatic rings. The van der Waals surface area contributed by atoms with Gasteiger partial charge in [-0.3, -0.25) is 14.8 Å². The SMILES string of the molecule is CCc1cc(-c2cnn(Cc3c(-c4ccc(C)nc4)noc3C)c(=O)c2)ccn1. The third-order valence-corrected chi connectivity index (χ3v) is 4.86. The van der Waals surface area contributed by atoms with Crippen molar-refractivity contribution < 1.29 is 4.52 Å².